The van der Waals surface area contributed by atoms with Crippen molar-refractivity contribution in [2.45, 2.75) is 13.5 Å². The summed E-state index contributed by atoms with van der Waals surface area (Å²) in [5.74, 6) is 4.54. The summed E-state index contributed by atoms with van der Waals surface area (Å²) in [6.45, 7) is 1.99. The number of anilines is 1. The first-order chi connectivity index (χ1) is 13.4. The molecule has 0 aliphatic carbocycles. The van der Waals surface area contributed by atoms with Crippen molar-refractivity contribution in [3.8, 4) is 5.75 Å². The number of rotatable bonds is 6. The molecule has 0 radical (unpaired) electrons. The molecule has 0 saturated heterocycles. The van der Waals surface area contributed by atoms with Crippen LogP contribution >= 0.6 is 34.5 Å². The van der Waals surface area contributed by atoms with Gasteiger partial charge in [0, 0.05) is 16.1 Å². The maximum Gasteiger partial charge on any atom is 0.273 e. The zero-order valence-electron chi connectivity index (χ0n) is 14.6. The number of nitrogen functional groups attached to an aromatic ring is 1. The normalized spacial score (nSPS) is 10.6. The number of carbonyl (C=O) groups excluding carboxylic acids is 2. The summed E-state index contributed by atoms with van der Waals surface area (Å²) in [6.07, 6.45) is 0. The number of nitrogens with one attached hydrogen (secondary N) is 3. The number of amides is 2. The number of benzene rings is 1. The van der Waals surface area contributed by atoms with Crippen molar-refractivity contribution in [1.82, 2.24) is 10.4 Å². The number of hydrogen-bond acceptors (Lipinski definition) is 5. The number of carbonyl (C=O) groups is 2. The van der Waals surface area contributed by atoms with Crippen molar-refractivity contribution in [3.05, 3.63) is 67.6 Å². The van der Waals surface area contributed by atoms with E-state index in [0.717, 1.165) is 4.88 Å². The lowest BCUT2D eigenvalue weighted by molar-refractivity contribution is 0.0952. The zero-order valence-corrected chi connectivity index (χ0v) is 17.0. The van der Waals surface area contributed by atoms with Crippen molar-refractivity contribution < 1.29 is 14.3 Å². The Bertz CT molecular complexity index is 1020. The molecule has 7 nitrogen and oxygen atoms in total. The largest absolute Gasteiger partial charge is 0.486 e. The van der Waals surface area contributed by atoms with Crippen LogP contribution < -0.4 is 21.3 Å². The van der Waals surface area contributed by atoms with Gasteiger partial charge in [-0.05, 0) is 36.6 Å². The molecule has 0 aliphatic rings. The van der Waals surface area contributed by atoms with Crippen molar-refractivity contribution in [1.29, 1.82) is 0 Å². The van der Waals surface area contributed by atoms with Crippen LogP contribution in [0, 0.1) is 6.92 Å². The second-order valence-corrected chi connectivity index (χ2v) is 7.55. The molecule has 2 aromatic heterocycles. The minimum atomic E-state index is -0.489. The molecule has 0 aliphatic heterocycles. The Morgan fingerprint density at radius 1 is 1.21 bits per heavy atom. The number of aryl methyl sites for hydroxylation is 1. The molecule has 146 valence electrons. The molecule has 0 saturated carbocycles. The molecule has 0 atom stereocenters. The molecule has 0 unspecified atom stereocenters. The van der Waals surface area contributed by atoms with Crippen LogP contribution in [-0.4, -0.2) is 16.8 Å². The minimum absolute atomic E-state index is 0.136. The van der Waals surface area contributed by atoms with Gasteiger partial charge >= 0.3 is 0 Å². The van der Waals surface area contributed by atoms with Gasteiger partial charge in [-0.3, -0.25) is 15.0 Å². The smallest absolute Gasteiger partial charge is 0.273 e. The topological polar surface area (TPSA) is 109 Å². The molecule has 0 fully saturated rings. The lowest BCUT2D eigenvalue weighted by atomic mass is 10.1. The van der Waals surface area contributed by atoms with Crippen molar-refractivity contribution in [2.75, 3.05) is 5.32 Å². The summed E-state index contributed by atoms with van der Waals surface area (Å²) in [7, 11) is 0. The minimum Gasteiger partial charge on any atom is -0.486 e. The molecule has 1 aromatic carbocycles. The number of hydrogen-bond donors (Lipinski definition) is 4. The van der Waals surface area contributed by atoms with E-state index in [9.17, 15) is 9.59 Å². The average Bonchev–Trinajstić information content (AvgIpc) is 3.30. The Balaban J connectivity index is 1.88. The van der Waals surface area contributed by atoms with E-state index >= 15 is 0 Å². The Labute approximate surface area is 174 Å². The monoisotopic (exact) mass is 438 g/mol. The SMILES string of the molecule is Cc1[nH]c(C(=O)Nc2ccc(C(=O)NN)cc2OCc2cccs2)c(Cl)c1Cl. The highest BCUT2D eigenvalue weighted by Gasteiger charge is 2.20. The molecule has 5 N–H and O–H groups in total. The number of aromatic amines is 1. The van der Waals surface area contributed by atoms with Crippen LogP contribution in [0.3, 0.4) is 0 Å². The Kier molecular flexibility index (Phi) is 6.25. The van der Waals surface area contributed by atoms with Gasteiger partial charge < -0.3 is 15.0 Å². The third-order valence-electron chi connectivity index (χ3n) is 3.85. The van der Waals surface area contributed by atoms with E-state index in [1.54, 1.807) is 13.0 Å². The van der Waals surface area contributed by atoms with E-state index in [0.29, 0.717) is 22.7 Å². The number of ether oxygens (including phenoxy) is 1. The first-order valence-electron chi connectivity index (χ1n) is 8.05. The van der Waals surface area contributed by atoms with Crippen molar-refractivity contribution >= 4 is 52.0 Å². The zero-order chi connectivity index (χ0) is 20.3. The maximum absolute atomic E-state index is 12.6. The van der Waals surface area contributed by atoms with Crippen molar-refractivity contribution in [3.63, 3.8) is 0 Å². The van der Waals surface area contributed by atoms with Gasteiger partial charge in [-0.15, -0.1) is 11.3 Å². The van der Waals surface area contributed by atoms with Gasteiger partial charge in [0.05, 0.1) is 15.7 Å². The predicted molar refractivity (Wildman–Crippen MR) is 110 cm³/mol. The molecular weight excluding hydrogens is 423 g/mol. The standard InChI is InChI=1S/C18H16Cl2N4O3S/c1-9-14(19)15(20)16(22-9)18(26)23-12-5-4-10(17(25)24-21)7-13(12)27-8-11-3-2-6-28-11/h2-7,22H,8,21H2,1H3,(H,23,26)(H,24,25). The van der Waals surface area contributed by atoms with E-state index in [4.69, 9.17) is 33.8 Å². The molecule has 3 rings (SSSR count). The summed E-state index contributed by atoms with van der Waals surface area (Å²) in [4.78, 5) is 28.3. The first-order valence-corrected chi connectivity index (χ1v) is 9.69. The first kappa shape index (κ1) is 20.2. The highest BCUT2D eigenvalue weighted by molar-refractivity contribution is 7.09. The van der Waals surface area contributed by atoms with Gasteiger partial charge in [0.25, 0.3) is 11.8 Å². The molecule has 0 bridgehead atoms. The van der Waals surface area contributed by atoms with E-state index in [2.05, 4.69) is 15.7 Å². The second kappa shape index (κ2) is 8.66. The summed E-state index contributed by atoms with van der Waals surface area (Å²) in [5.41, 5.74) is 3.44. The number of nitrogens with two attached hydrogens (primary N) is 1. The third-order valence-corrected chi connectivity index (χ3v) is 5.65. The number of thiophene rings is 1. The van der Waals surface area contributed by atoms with E-state index in [-0.39, 0.29) is 22.3 Å². The number of hydrazine groups is 1. The molecular formula is C18H16Cl2N4O3S. The van der Waals surface area contributed by atoms with Gasteiger partial charge in [-0.2, -0.15) is 0 Å². The third kappa shape index (κ3) is 4.31. The predicted octanol–water partition coefficient (Wildman–Crippen LogP) is 4.13. The number of H-pyrrole nitrogens is 1. The van der Waals surface area contributed by atoms with Gasteiger partial charge in [-0.1, -0.05) is 29.3 Å². The molecule has 3 aromatic rings. The van der Waals surface area contributed by atoms with Gasteiger partial charge in [0.1, 0.15) is 18.1 Å². The van der Waals surface area contributed by atoms with Gasteiger partial charge in [-0.25, -0.2) is 5.84 Å². The Morgan fingerprint density at radius 3 is 2.61 bits per heavy atom. The second-order valence-electron chi connectivity index (χ2n) is 5.76. The van der Waals surface area contributed by atoms with Crippen molar-refractivity contribution in [2.24, 2.45) is 5.84 Å². The highest BCUT2D eigenvalue weighted by Crippen LogP contribution is 2.32. The highest BCUT2D eigenvalue weighted by atomic mass is 35.5. The maximum atomic E-state index is 12.6. The van der Waals surface area contributed by atoms with Crippen LogP contribution in [-0.2, 0) is 6.61 Å². The van der Waals surface area contributed by atoms with E-state index in [1.165, 1.54) is 23.5 Å². The summed E-state index contributed by atoms with van der Waals surface area (Å²) in [5, 5.41) is 5.08. The quantitative estimate of drug-likeness (QED) is 0.263. The Morgan fingerprint density at radius 2 is 2.00 bits per heavy atom. The average molecular weight is 439 g/mol. The lowest BCUT2D eigenvalue weighted by Gasteiger charge is -2.13. The fourth-order valence-electron chi connectivity index (χ4n) is 2.43. The van der Waals surface area contributed by atoms with Crippen LogP contribution in [0.2, 0.25) is 10.0 Å². The summed E-state index contributed by atoms with van der Waals surface area (Å²) >= 11 is 13.7. The van der Waals surface area contributed by atoms with E-state index in [1.807, 2.05) is 17.5 Å². The summed E-state index contributed by atoms with van der Waals surface area (Å²) in [6, 6.07) is 8.40. The van der Waals surface area contributed by atoms with Crippen LogP contribution in [0.25, 0.3) is 0 Å². The molecule has 0 spiro atoms. The van der Waals surface area contributed by atoms with E-state index < -0.39 is 11.8 Å². The number of aromatic nitrogens is 1. The van der Waals surface area contributed by atoms with Gasteiger partial charge in [0.15, 0.2) is 0 Å². The Hall–Kier alpha value is -2.52. The van der Waals surface area contributed by atoms with Crippen LogP contribution in [0.1, 0.15) is 31.4 Å². The molecule has 2 heterocycles. The fraction of sp³-hybridized carbons (Fsp3) is 0.111. The van der Waals surface area contributed by atoms with Crippen LogP contribution in [0.5, 0.6) is 5.75 Å². The molecule has 10 heteroatoms. The van der Waals surface area contributed by atoms with Crippen LogP contribution in [0.4, 0.5) is 5.69 Å². The molecule has 2 amide bonds. The summed E-state index contributed by atoms with van der Waals surface area (Å²) < 4.78 is 5.82. The fourth-order valence-corrected chi connectivity index (χ4v) is 3.46. The van der Waals surface area contributed by atoms with Crippen LogP contribution in [0.15, 0.2) is 35.7 Å². The molecule has 28 heavy (non-hydrogen) atoms. The number of halogens is 2. The van der Waals surface area contributed by atoms with Gasteiger partial charge in [0.2, 0.25) is 0 Å². The lowest BCUT2D eigenvalue weighted by Crippen LogP contribution is -2.30.